The molecule has 0 radical (unpaired) electrons. The number of aromatic nitrogens is 1. The van der Waals surface area contributed by atoms with Crippen LogP contribution in [0.25, 0.3) is 0 Å². The fourth-order valence-corrected chi connectivity index (χ4v) is 3.26. The van der Waals surface area contributed by atoms with Crippen LogP contribution < -0.4 is 10.1 Å². The van der Waals surface area contributed by atoms with Gasteiger partial charge in [-0.3, -0.25) is 9.88 Å². The van der Waals surface area contributed by atoms with Crippen molar-refractivity contribution in [2.24, 2.45) is 0 Å². The zero-order valence-electron chi connectivity index (χ0n) is 14.7. The van der Waals surface area contributed by atoms with E-state index in [0.717, 1.165) is 18.8 Å². The van der Waals surface area contributed by atoms with Gasteiger partial charge in [0.15, 0.2) is 0 Å². The van der Waals surface area contributed by atoms with Gasteiger partial charge in [0.25, 0.3) is 0 Å². The average molecular weight is 325 g/mol. The molecule has 1 aliphatic rings. The van der Waals surface area contributed by atoms with Gasteiger partial charge in [-0.1, -0.05) is 12.1 Å². The fraction of sp³-hybridized carbons (Fsp3) is 0.450. The Balaban J connectivity index is 1.67. The number of benzene rings is 1. The van der Waals surface area contributed by atoms with Gasteiger partial charge in [-0.05, 0) is 62.2 Å². The van der Waals surface area contributed by atoms with E-state index in [2.05, 4.69) is 46.4 Å². The lowest BCUT2D eigenvalue weighted by Crippen LogP contribution is -2.20. The molecule has 0 aliphatic carbocycles. The topological polar surface area (TPSA) is 37.4 Å². The van der Waals surface area contributed by atoms with Crippen molar-refractivity contribution in [1.82, 2.24) is 15.2 Å². The molecule has 2 heterocycles. The van der Waals surface area contributed by atoms with Crippen LogP contribution in [0.5, 0.6) is 5.75 Å². The Labute approximate surface area is 144 Å². The van der Waals surface area contributed by atoms with Gasteiger partial charge < -0.3 is 10.1 Å². The second-order valence-corrected chi connectivity index (χ2v) is 6.52. The molecule has 128 valence electrons. The highest BCUT2D eigenvalue weighted by molar-refractivity contribution is 5.38. The largest absolute Gasteiger partial charge is 0.496 e. The molecule has 4 nitrogen and oxygen atoms in total. The summed E-state index contributed by atoms with van der Waals surface area (Å²) in [4.78, 5) is 6.68. The van der Waals surface area contributed by atoms with Crippen LogP contribution >= 0.6 is 0 Å². The maximum absolute atomic E-state index is 5.56. The van der Waals surface area contributed by atoms with Gasteiger partial charge in [0.1, 0.15) is 5.75 Å². The number of ether oxygens (including phenoxy) is 1. The molecule has 24 heavy (non-hydrogen) atoms. The Morgan fingerprint density at radius 3 is 2.79 bits per heavy atom. The summed E-state index contributed by atoms with van der Waals surface area (Å²) in [5.74, 6) is 0.991. The molecule has 4 heteroatoms. The maximum atomic E-state index is 5.56. The van der Waals surface area contributed by atoms with Gasteiger partial charge in [0.2, 0.25) is 0 Å². The van der Waals surface area contributed by atoms with Crippen molar-refractivity contribution >= 4 is 0 Å². The summed E-state index contributed by atoms with van der Waals surface area (Å²) < 4.78 is 5.56. The smallest absolute Gasteiger partial charge is 0.123 e. The molecule has 1 unspecified atom stereocenters. The molecule has 1 aromatic carbocycles. The summed E-state index contributed by atoms with van der Waals surface area (Å²) in [6.45, 7) is 6.40. The first-order valence-corrected chi connectivity index (χ1v) is 8.77. The lowest BCUT2D eigenvalue weighted by molar-refractivity contribution is 0.320. The van der Waals surface area contributed by atoms with Gasteiger partial charge in [-0.15, -0.1) is 0 Å². The average Bonchev–Trinajstić information content (AvgIpc) is 3.13. The van der Waals surface area contributed by atoms with Crippen LogP contribution in [0.1, 0.15) is 42.5 Å². The summed E-state index contributed by atoms with van der Waals surface area (Å²) in [6.07, 6.45) is 6.34. The van der Waals surface area contributed by atoms with E-state index < -0.39 is 0 Å². The van der Waals surface area contributed by atoms with Crippen LogP contribution in [0.15, 0.2) is 42.7 Å². The van der Waals surface area contributed by atoms with Gasteiger partial charge in [-0.25, -0.2) is 0 Å². The number of hydrogen-bond acceptors (Lipinski definition) is 4. The molecule has 3 rings (SSSR count). The third-order valence-corrected chi connectivity index (χ3v) is 4.73. The minimum absolute atomic E-state index is 0.286. The highest BCUT2D eigenvalue weighted by Crippen LogP contribution is 2.26. The molecule has 0 amide bonds. The minimum Gasteiger partial charge on any atom is -0.496 e. The first-order chi connectivity index (χ1) is 11.8. The van der Waals surface area contributed by atoms with Crippen molar-refractivity contribution in [1.29, 1.82) is 0 Å². The maximum Gasteiger partial charge on any atom is 0.123 e. The number of methoxy groups -OCH3 is 1. The van der Waals surface area contributed by atoms with Crippen molar-refractivity contribution in [2.45, 2.75) is 38.9 Å². The van der Waals surface area contributed by atoms with E-state index in [9.17, 15) is 0 Å². The molecule has 0 bridgehead atoms. The third-order valence-electron chi connectivity index (χ3n) is 4.73. The lowest BCUT2D eigenvalue weighted by atomic mass is 10.0. The normalized spacial score (nSPS) is 16.2. The number of nitrogens with zero attached hydrogens (tertiary/aromatic N) is 2. The second-order valence-electron chi connectivity index (χ2n) is 6.52. The van der Waals surface area contributed by atoms with E-state index >= 15 is 0 Å². The zero-order valence-corrected chi connectivity index (χ0v) is 14.7. The van der Waals surface area contributed by atoms with Crippen LogP contribution in [0.4, 0.5) is 0 Å². The van der Waals surface area contributed by atoms with E-state index in [4.69, 9.17) is 4.74 Å². The highest BCUT2D eigenvalue weighted by atomic mass is 16.5. The van der Waals surface area contributed by atoms with E-state index in [1.54, 1.807) is 13.3 Å². The van der Waals surface area contributed by atoms with Crippen molar-refractivity contribution in [2.75, 3.05) is 20.2 Å². The van der Waals surface area contributed by atoms with Crippen LogP contribution in [0.3, 0.4) is 0 Å². The molecular formula is C20H27N3O. The Morgan fingerprint density at radius 2 is 2.08 bits per heavy atom. The minimum atomic E-state index is 0.286. The van der Waals surface area contributed by atoms with Crippen LogP contribution in [0.2, 0.25) is 0 Å². The van der Waals surface area contributed by atoms with Crippen molar-refractivity contribution in [3.05, 3.63) is 59.4 Å². The van der Waals surface area contributed by atoms with E-state index in [1.165, 1.54) is 42.6 Å². The van der Waals surface area contributed by atoms with Crippen molar-refractivity contribution < 1.29 is 4.74 Å². The standard InChI is InChI=1S/C20H27N3O/c1-16(22-14-17-6-5-9-21-13-17)18-7-8-20(24-2)19(12-18)15-23-10-3-4-11-23/h5-9,12-13,16,22H,3-4,10-11,14-15H2,1-2H3. The quantitative estimate of drug-likeness (QED) is 0.845. The summed E-state index contributed by atoms with van der Waals surface area (Å²) in [7, 11) is 1.76. The zero-order chi connectivity index (χ0) is 16.8. The number of pyridine rings is 1. The predicted molar refractivity (Wildman–Crippen MR) is 97.0 cm³/mol. The molecule has 1 fully saturated rings. The predicted octanol–water partition coefficient (Wildman–Crippen LogP) is 3.54. The van der Waals surface area contributed by atoms with Crippen LogP contribution in [-0.4, -0.2) is 30.1 Å². The third kappa shape index (κ3) is 4.34. The lowest BCUT2D eigenvalue weighted by Gasteiger charge is -2.20. The molecule has 1 N–H and O–H groups in total. The van der Waals surface area contributed by atoms with E-state index in [-0.39, 0.29) is 6.04 Å². The van der Waals surface area contributed by atoms with Gasteiger partial charge in [0.05, 0.1) is 7.11 Å². The Hall–Kier alpha value is -1.91. The van der Waals surface area contributed by atoms with Crippen LogP contribution in [0, 0.1) is 0 Å². The monoisotopic (exact) mass is 325 g/mol. The Bertz CT molecular complexity index is 639. The number of nitrogens with one attached hydrogen (secondary N) is 1. The number of rotatable bonds is 7. The second kappa shape index (κ2) is 8.27. The number of hydrogen-bond donors (Lipinski definition) is 1. The summed E-state index contributed by atoms with van der Waals surface area (Å²) in [5, 5.41) is 3.58. The molecule has 1 atom stereocenters. The highest BCUT2D eigenvalue weighted by Gasteiger charge is 2.16. The van der Waals surface area contributed by atoms with E-state index in [0.29, 0.717) is 0 Å². The summed E-state index contributed by atoms with van der Waals surface area (Å²) >= 11 is 0. The molecule has 2 aromatic rings. The van der Waals surface area contributed by atoms with Crippen molar-refractivity contribution in [3.8, 4) is 5.75 Å². The number of likely N-dealkylation sites (tertiary alicyclic amines) is 1. The SMILES string of the molecule is COc1ccc(C(C)NCc2cccnc2)cc1CN1CCCC1. The summed E-state index contributed by atoms with van der Waals surface area (Å²) in [5.41, 5.74) is 3.79. The van der Waals surface area contributed by atoms with E-state index in [1.807, 2.05) is 12.3 Å². The molecule has 1 saturated heterocycles. The molecule has 0 saturated carbocycles. The molecule has 0 spiro atoms. The molecular weight excluding hydrogens is 298 g/mol. The molecule has 1 aromatic heterocycles. The van der Waals surface area contributed by atoms with Crippen molar-refractivity contribution in [3.63, 3.8) is 0 Å². The first kappa shape index (κ1) is 16.9. The first-order valence-electron chi connectivity index (χ1n) is 8.77. The van der Waals surface area contributed by atoms with Gasteiger partial charge in [0, 0.05) is 37.1 Å². The summed E-state index contributed by atoms with van der Waals surface area (Å²) in [6, 6.07) is 10.9. The Kier molecular flexibility index (Phi) is 5.83. The van der Waals surface area contributed by atoms with Gasteiger partial charge in [-0.2, -0.15) is 0 Å². The molecule has 1 aliphatic heterocycles. The van der Waals surface area contributed by atoms with Crippen LogP contribution in [-0.2, 0) is 13.1 Å². The fourth-order valence-electron chi connectivity index (χ4n) is 3.26. The Morgan fingerprint density at radius 1 is 1.25 bits per heavy atom. The van der Waals surface area contributed by atoms with Gasteiger partial charge >= 0.3 is 0 Å².